The van der Waals surface area contributed by atoms with Gasteiger partial charge in [-0.05, 0) is 11.6 Å². The number of nitrogens with one attached hydrogen (secondary N) is 1. The average molecular weight is 446 g/mol. The number of hydrogen-bond acceptors (Lipinski definition) is 6. The van der Waals surface area contributed by atoms with Crippen LogP contribution < -0.4 is 10.1 Å². The summed E-state index contributed by atoms with van der Waals surface area (Å²) in [6.07, 6.45) is -0.948. The Balaban J connectivity index is 1.77. The zero-order valence-electron chi connectivity index (χ0n) is 17.8. The number of aliphatic hydroxyl groups excluding tert-OH is 1. The number of hydrogen-bond donors (Lipinski definition) is 2. The van der Waals surface area contributed by atoms with Crippen LogP contribution in [0.15, 0.2) is 48.5 Å². The van der Waals surface area contributed by atoms with Crippen molar-refractivity contribution in [3.8, 4) is 5.75 Å². The van der Waals surface area contributed by atoms with E-state index in [4.69, 9.17) is 19.3 Å². The number of aliphatic hydroxyl groups is 1. The van der Waals surface area contributed by atoms with Crippen molar-refractivity contribution in [1.29, 1.82) is 0 Å². The van der Waals surface area contributed by atoms with Crippen LogP contribution in [0.1, 0.15) is 30.0 Å². The molecule has 9 heteroatoms. The van der Waals surface area contributed by atoms with Crippen molar-refractivity contribution in [1.82, 2.24) is 10.2 Å². The molecule has 1 fully saturated rings. The largest absolute Gasteiger partial charge is 0.496 e. The lowest BCUT2D eigenvalue weighted by molar-refractivity contribution is 0.0138. The van der Waals surface area contributed by atoms with Gasteiger partial charge >= 0.3 is 12.2 Å². The van der Waals surface area contributed by atoms with E-state index < -0.39 is 30.1 Å². The summed E-state index contributed by atoms with van der Waals surface area (Å²) in [7, 11) is 1.43. The first-order valence-electron chi connectivity index (χ1n) is 10.4. The molecule has 172 valence electrons. The van der Waals surface area contributed by atoms with Crippen LogP contribution in [0.4, 0.5) is 14.0 Å². The number of alkyl carbamates (subject to hydrolysis) is 1. The number of piperidine rings is 1. The number of ether oxygens (including phenoxy) is 3. The summed E-state index contributed by atoms with van der Waals surface area (Å²) in [4.78, 5) is 26.4. The van der Waals surface area contributed by atoms with E-state index in [-0.39, 0.29) is 32.7 Å². The lowest BCUT2D eigenvalue weighted by Crippen LogP contribution is -2.45. The third-order valence-corrected chi connectivity index (χ3v) is 5.20. The molecule has 2 aromatic rings. The summed E-state index contributed by atoms with van der Waals surface area (Å²) < 4.78 is 30.0. The molecule has 0 spiro atoms. The van der Waals surface area contributed by atoms with E-state index in [1.54, 1.807) is 11.0 Å². The van der Waals surface area contributed by atoms with Crippen LogP contribution >= 0.6 is 0 Å². The maximum atomic E-state index is 13.7. The number of benzene rings is 2. The van der Waals surface area contributed by atoms with Gasteiger partial charge in [-0.2, -0.15) is 0 Å². The number of carbonyl (C=O) groups excluding carboxylic acids is 2. The lowest BCUT2D eigenvalue weighted by atomic mass is 9.93. The van der Waals surface area contributed by atoms with Crippen LogP contribution in [-0.4, -0.2) is 55.1 Å². The molecular weight excluding hydrogens is 419 g/mol. The van der Waals surface area contributed by atoms with Crippen molar-refractivity contribution < 1.29 is 33.3 Å². The maximum Gasteiger partial charge on any atom is 0.410 e. The molecule has 0 radical (unpaired) electrons. The summed E-state index contributed by atoms with van der Waals surface area (Å²) in [6, 6.07) is 12.9. The van der Waals surface area contributed by atoms with E-state index in [2.05, 4.69) is 5.32 Å². The Morgan fingerprint density at radius 1 is 1.22 bits per heavy atom. The quantitative estimate of drug-likeness (QED) is 0.677. The van der Waals surface area contributed by atoms with Gasteiger partial charge < -0.3 is 29.5 Å². The maximum absolute atomic E-state index is 13.7. The van der Waals surface area contributed by atoms with Crippen molar-refractivity contribution in [2.24, 2.45) is 0 Å². The topological polar surface area (TPSA) is 97.3 Å². The van der Waals surface area contributed by atoms with Gasteiger partial charge in [0.05, 0.1) is 19.8 Å². The van der Waals surface area contributed by atoms with Crippen LogP contribution in [0, 0.1) is 5.82 Å². The smallest absolute Gasteiger partial charge is 0.410 e. The van der Waals surface area contributed by atoms with E-state index in [0.29, 0.717) is 17.7 Å². The van der Waals surface area contributed by atoms with Gasteiger partial charge in [0.25, 0.3) is 0 Å². The molecule has 1 heterocycles. The highest BCUT2D eigenvalue weighted by Crippen LogP contribution is 2.38. The second kappa shape index (κ2) is 11.3. The van der Waals surface area contributed by atoms with Gasteiger partial charge in [0.1, 0.15) is 24.3 Å². The molecule has 1 saturated heterocycles. The van der Waals surface area contributed by atoms with Crippen molar-refractivity contribution in [3.05, 3.63) is 65.5 Å². The van der Waals surface area contributed by atoms with E-state index in [0.717, 1.165) is 5.56 Å². The van der Waals surface area contributed by atoms with E-state index >= 15 is 0 Å². The standard InChI is InChI=1S/C23H27FN2O6/c1-30-21-13-17(24)7-8-19(21)20-14-18(32-22(28)25-10-12-27)9-11-26(20)23(29)31-15-16-5-3-2-4-6-16/h2-8,13,18,20,27H,9-12,14-15H2,1H3,(H,25,28). The zero-order valence-corrected chi connectivity index (χ0v) is 17.8. The van der Waals surface area contributed by atoms with E-state index in [9.17, 15) is 14.0 Å². The molecule has 2 N–H and O–H groups in total. The molecule has 0 saturated carbocycles. The number of halogens is 1. The molecule has 2 amide bonds. The van der Waals surface area contributed by atoms with Crippen LogP contribution in [0.2, 0.25) is 0 Å². The summed E-state index contributed by atoms with van der Waals surface area (Å²) in [6.45, 7) is 0.276. The van der Waals surface area contributed by atoms with Gasteiger partial charge in [0.15, 0.2) is 0 Å². The van der Waals surface area contributed by atoms with Crippen LogP contribution in [0.5, 0.6) is 5.75 Å². The number of methoxy groups -OCH3 is 1. The van der Waals surface area contributed by atoms with Crippen molar-refractivity contribution in [2.45, 2.75) is 31.6 Å². The Labute approximate surface area is 185 Å². The Kier molecular flexibility index (Phi) is 8.27. The van der Waals surface area contributed by atoms with Gasteiger partial charge in [0.2, 0.25) is 0 Å². The highest BCUT2D eigenvalue weighted by atomic mass is 19.1. The van der Waals surface area contributed by atoms with Gasteiger partial charge in [0, 0.05) is 37.6 Å². The lowest BCUT2D eigenvalue weighted by Gasteiger charge is -2.39. The molecule has 8 nitrogen and oxygen atoms in total. The Bertz CT molecular complexity index is 911. The summed E-state index contributed by atoms with van der Waals surface area (Å²) in [5.74, 6) is -0.169. The molecule has 1 aliphatic heterocycles. The Hall–Kier alpha value is -3.33. The third kappa shape index (κ3) is 6.10. The second-order valence-corrected chi connectivity index (χ2v) is 7.34. The number of likely N-dealkylation sites (tertiary alicyclic amines) is 1. The predicted octanol–water partition coefficient (Wildman–Crippen LogP) is 3.40. The molecule has 32 heavy (non-hydrogen) atoms. The minimum absolute atomic E-state index is 0.0820. The normalized spacial score (nSPS) is 18.0. The first kappa shape index (κ1) is 23.3. The van der Waals surface area contributed by atoms with Gasteiger partial charge in [-0.1, -0.05) is 36.4 Å². The van der Waals surface area contributed by atoms with E-state index in [1.807, 2.05) is 30.3 Å². The minimum atomic E-state index is -0.644. The highest BCUT2D eigenvalue weighted by molar-refractivity contribution is 5.69. The van der Waals surface area contributed by atoms with Crippen LogP contribution in [0.3, 0.4) is 0 Å². The van der Waals surface area contributed by atoms with Crippen molar-refractivity contribution in [2.75, 3.05) is 26.8 Å². The monoisotopic (exact) mass is 446 g/mol. The van der Waals surface area contributed by atoms with Gasteiger partial charge in [-0.3, -0.25) is 0 Å². The predicted molar refractivity (Wildman–Crippen MR) is 114 cm³/mol. The highest BCUT2D eigenvalue weighted by Gasteiger charge is 2.36. The zero-order chi connectivity index (χ0) is 22.9. The summed E-state index contributed by atoms with van der Waals surface area (Å²) in [5.41, 5.74) is 1.45. The molecule has 0 bridgehead atoms. The van der Waals surface area contributed by atoms with Crippen molar-refractivity contribution in [3.63, 3.8) is 0 Å². The SMILES string of the molecule is COc1cc(F)ccc1C1CC(OC(=O)NCCO)CCN1C(=O)OCc1ccccc1. The van der Waals surface area contributed by atoms with Gasteiger partial charge in [-0.25, -0.2) is 14.0 Å². The van der Waals surface area contributed by atoms with Crippen molar-refractivity contribution >= 4 is 12.2 Å². The van der Waals surface area contributed by atoms with Crippen LogP contribution in [0.25, 0.3) is 0 Å². The number of nitrogens with zero attached hydrogens (tertiary/aromatic N) is 1. The van der Waals surface area contributed by atoms with Crippen LogP contribution in [-0.2, 0) is 16.1 Å². The molecule has 3 rings (SSSR count). The molecule has 0 aliphatic carbocycles. The number of carbonyl (C=O) groups is 2. The fourth-order valence-electron chi connectivity index (χ4n) is 3.67. The molecular formula is C23H27FN2O6. The molecule has 2 atom stereocenters. The summed E-state index contributed by atoms with van der Waals surface area (Å²) in [5, 5.41) is 11.3. The Morgan fingerprint density at radius 3 is 2.72 bits per heavy atom. The average Bonchev–Trinajstić information content (AvgIpc) is 2.81. The van der Waals surface area contributed by atoms with Gasteiger partial charge in [-0.15, -0.1) is 0 Å². The van der Waals surface area contributed by atoms with E-state index in [1.165, 1.54) is 19.2 Å². The summed E-state index contributed by atoms with van der Waals surface area (Å²) >= 11 is 0. The fraction of sp³-hybridized carbons (Fsp3) is 0.391. The number of amides is 2. The first-order chi connectivity index (χ1) is 15.5. The number of rotatable bonds is 7. The molecule has 2 aromatic carbocycles. The first-order valence-corrected chi connectivity index (χ1v) is 10.4. The third-order valence-electron chi connectivity index (χ3n) is 5.20. The molecule has 1 aliphatic rings. The minimum Gasteiger partial charge on any atom is -0.496 e. The Morgan fingerprint density at radius 2 is 2.00 bits per heavy atom. The molecule has 0 aromatic heterocycles. The fourth-order valence-corrected chi connectivity index (χ4v) is 3.67. The molecule has 2 unspecified atom stereocenters. The second-order valence-electron chi connectivity index (χ2n) is 7.34.